The van der Waals surface area contributed by atoms with E-state index in [-0.39, 0.29) is 179 Å². The molecule has 16 aromatic rings. The smallest absolute Gasteiger partial charge is 0.870 e. The number of hydrogen-bond acceptors (Lipinski definition) is 21. The van der Waals surface area contributed by atoms with Gasteiger partial charge in [0, 0.05) is 28.4 Å². The normalized spacial score (nSPS) is 10.7. The number of aromatic nitrogens is 12. The average Bonchev–Trinajstić information content (AvgIpc) is 1.63. The second kappa shape index (κ2) is 46.9. The van der Waals surface area contributed by atoms with Crippen LogP contribution >= 0.6 is 79.4 Å². The van der Waals surface area contributed by atoms with Gasteiger partial charge in [-0.05, 0) is 156 Å². The van der Waals surface area contributed by atoms with Crippen molar-refractivity contribution in [3.8, 4) is 113 Å². The number of carboxylic acids is 1. The number of aromatic carboxylic acids is 1. The topological polar surface area (TPSA) is 384 Å². The van der Waals surface area contributed by atoms with E-state index in [1.165, 1.54) is 174 Å². The van der Waals surface area contributed by atoms with Gasteiger partial charge in [-0.25, -0.2) is 63.4 Å². The zero-order chi connectivity index (χ0) is 94.4. The van der Waals surface area contributed by atoms with E-state index in [0.717, 1.165) is 6.07 Å². The number of rotatable bonds is 19. The molecule has 0 atom stereocenters. The van der Waals surface area contributed by atoms with E-state index in [2.05, 4.69) is 93.4 Å². The molecule has 0 saturated carbocycles. The van der Waals surface area contributed by atoms with E-state index in [4.69, 9.17) is 89.3 Å². The maximum absolute atomic E-state index is 14.5. The molecule has 0 fully saturated rings. The summed E-state index contributed by atoms with van der Waals surface area (Å²) >= 11 is 30.2. The summed E-state index contributed by atoms with van der Waals surface area (Å²) in [6, 6.07) is 40.6. The van der Waals surface area contributed by atoms with Gasteiger partial charge in [-0.1, -0.05) is 161 Å². The number of hydrogen-bond donors (Lipinski definition) is 2. The third-order valence-corrected chi connectivity index (χ3v) is 21.0. The Labute approximate surface area is 807 Å². The number of ether oxygens (including phenoxy) is 1. The van der Waals surface area contributed by atoms with Gasteiger partial charge in [0.2, 0.25) is 0 Å². The van der Waals surface area contributed by atoms with Gasteiger partial charge in [0.05, 0.1) is 119 Å². The number of para-hydroxylation sites is 4. The Morgan fingerprint density at radius 3 is 0.880 bits per heavy atom. The van der Waals surface area contributed by atoms with Crippen LogP contribution in [0.1, 0.15) is 85.0 Å². The van der Waals surface area contributed by atoms with Crippen LogP contribution in [0.3, 0.4) is 0 Å². The van der Waals surface area contributed by atoms with Gasteiger partial charge in [-0.15, -0.1) is 0 Å². The summed E-state index contributed by atoms with van der Waals surface area (Å²) in [4.78, 5) is 51.7. The van der Waals surface area contributed by atoms with Crippen LogP contribution < -0.4 is 34.9 Å². The Morgan fingerprint density at radius 2 is 0.647 bits per heavy atom. The summed E-state index contributed by atoms with van der Waals surface area (Å²) in [6.07, 6.45) is 5.56. The largest absolute Gasteiger partial charge is 1.00 e. The molecule has 0 saturated heterocycles. The quantitative estimate of drug-likeness (QED) is 0.0328. The van der Waals surface area contributed by atoms with Crippen LogP contribution in [0.4, 0.5) is 35.1 Å². The standard InChI is InChI=1S/C21H15ClF2N4O2.C21H14ClF2N3O3.C20H11Cl2F2N3O2.C20H12ClF2N3O3.C6H15N.Cl2O2S.Na.2H2O/c1-11-12(10-26-28(11)16-9-4-3-7-14(16)23)20-18(21(29)25-2)19(27-30-20)17-13(22)6-5-8-15(17)24;1-11-12(10-25-27(11)16-9-4-3-7-14(16)23)20-18(21(28)29-2)19(26-30-20)17-13(22)6-5-8-15(17)24;1-10-11(9-25-27(10)15-8-3-2-6-13(15)23)19-17(20(22)28)18(26-29-19)16-12(21)5-4-7-14(16)24;1-10-11(9-24-26(10)15-8-3-2-6-13(15)22)19-17(20(27)28)18(25-29-19)16-12(21)5-4-7-14(16)23;1-4-7(5-2)6-3;1-5(2,3)4;;;/h3-10H,1-2H3,(H,25,29);3-10H,1-2H3;2-9H,1H3;2-9H,1H3,(H,27,28);4-6H2,1-3H3;;;2*1H2/q;;;;;;+1;;/p-1. The molecule has 0 spiro atoms. The van der Waals surface area contributed by atoms with E-state index >= 15 is 0 Å². The molecule has 8 aromatic heterocycles. The summed E-state index contributed by atoms with van der Waals surface area (Å²) in [5.74, 6) is -7.43. The number of nitrogens with zero attached hydrogens (tertiary/aromatic N) is 13. The molecule has 0 radical (unpaired) electrons. The third kappa shape index (κ3) is 23.5. The van der Waals surface area contributed by atoms with Crippen molar-refractivity contribution in [1.29, 1.82) is 0 Å². The zero-order valence-electron chi connectivity index (χ0n) is 70.9. The Balaban J connectivity index is 0.000000208. The van der Waals surface area contributed by atoms with Crippen molar-refractivity contribution in [3.05, 3.63) is 306 Å². The molecule has 28 nitrogen and oxygen atoms in total. The number of carboxylic acid groups (broad SMARTS) is 1. The van der Waals surface area contributed by atoms with E-state index in [1.54, 1.807) is 94.4 Å². The van der Waals surface area contributed by atoms with Crippen molar-refractivity contribution >= 4 is 111 Å². The van der Waals surface area contributed by atoms with Gasteiger partial charge in [0.15, 0.2) is 23.0 Å². The molecular weight excluding hydrogens is 1930 g/mol. The van der Waals surface area contributed by atoms with E-state index < -0.39 is 77.9 Å². The van der Waals surface area contributed by atoms with Crippen LogP contribution in [0.5, 0.6) is 0 Å². The van der Waals surface area contributed by atoms with Crippen molar-refractivity contribution in [2.24, 2.45) is 0 Å². The van der Waals surface area contributed by atoms with Gasteiger partial charge in [-0.2, -0.15) is 28.8 Å². The molecule has 5 N–H and O–H groups in total. The first-order chi connectivity index (χ1) is 62.0. The number of nitrogens with one attached hydrogen (secondary N) is 1. The Hall–Kier alpha value is -12.2. The molecular formula is C88H70Cl7F8N14NaO14S. The maximum Gasteiger partial charge on any atom is 1.00 e. The molecule has 16 rings (SSSR count). The number of carbonyl (C=O) groups is 4. The molecule has 688 valence electrons. The summed E-state index contributed by atoms with van der Waals surface area (Å²) < 4.78 is 164. The van der Waals surface area contributed by atoms with Gasteiger partial charge in [0.25, 0.3) is 11.1 Å². The third-order valence-electron chi connectivity index (χ3n) is 19.5. The fourth-order valence-electron chi connectivity index (χ4n) is 13.1. The van der Waals surface area contributed by atoms with Gasteiger partial charge in [0.1, 0.15) is 114 Å². The van der Waals surface area contributed by atoms with Crippen LogP contribution in [0.15, 0.2) is 213 Å². The second-order valence-corrected chi connectivity index (χ2v) is 32.6. The molecule has 0 bridgehead atoms. The van der Waals surface area contributed by atoms with Crippen molar-refractivity contribution in [3.63, 3.8) is 0 Å². The molecule has 8 heterocycles. The fraction of sp³-hybridized carbons (Fsp3) is 0.136. The number of halogens is 15. The average molecular weight is 2000 g/mol. The van der Waals surface area contributed by atoms with Crippen LogP contribution in [-0.2, 0) is 13.0 Å². The van der Waals surface area contributed by atoms with Crippen LogP contribution in [-0.4, -0.2) is 146 Å². The monoisotopic (exact) mass is 2000 g/mol. The van der Waals surface area contributed by atoms with Crippen LogP contribution in [0.2, 0.25) is 20.1 Å². The minimum atomic E-state index is -3.72. The number of methoxy groups -OCH3 is 1. The Kier molecular flexibility index (Phi) is 37.5. The Morgan fingerprint density at radius 1 is 0.414 bits per heavy atom. The van der Waals surface area contributed by atoms with E-state index in [1.807, 2.05) is 0 Å². The minimum Gasteiger partial charge on any atom is -0.870 e. The molecule has 0 aliphatic carbocycles. The molecule has 8 aromatic carbocycles. The zero-order valence-corrected chi connectivity index (χ0v) is 79.0. The summed E-state index contributed by atoms with van der Waals surface area (Å²) in [7, 11) is 7.43. The second-order valence-electron chi connectivity index (χ2n) is 27.0. The molecule has 1 amide bonds. The van der Waals surface area contributed by atoms with Crippen molar-refractivity contribution in [2.75, 3.05) is 33.8 Å². The van der Waals surface area contributed by atoms with Crippen molar-refractivity contribution in [1.82, 2.24) is 70.0 Å². The summed E-state index contributed by atoms with van der Waals surface area (Å²) in [6.45, 7) is 16.8. The maximum atomic E-state index is 14.5. The van der Waals surface area contributed by atoms with Gasteiger partial charge in [-0.3, -0.25) is 9.59 Å². The van der Waals surface area contributed by atoms with Crippen LogP contribution in [0.25, 0.3) is 113 Å². The van der Waals surface area contributed by atoms with Gasteiger partial charge < -0.3 is 49.1 Å². The molecule has 45 heteroatoms. The first-order valence-corrected chi connectivity index (χ1v) is 43.1. The van der Waals surface area contributed by atoms with Gasteiger partial charge >= 0.3 is 49.8 Å². The number of benzene rings is 8. The van der Waals surface area contributed by atoms with Crippen molar-refractivity contribution < 1.29 is 131 Å². The number of amides is 1. The SMILES string of the molecule is CCN(CC)CC.CNC(=O)c1c(-c2c(F)cccc2Cl)noc1-c1cnn(-c2ccccc2F)c1C.COC(=O)c1c(-c2c(F)cccc2Cl)noc1-c1cnn(-c2ccccc2F)c1C.Cc1c(-c2onc(-c3c(F)cccc3Cl)c2C(=O)Cl)cnn1-c1ccccc1F.Cc1c(-c2onc(-c3c(F)cccc3Cl)c2C(=O)O)cnn1-c1ccccc1F.O.O=S(=O)(Cl)Cl.[Na+].[OH-]. The number of esters is 1. The first-order valence-electron chi connectivity index (χ1n) is 38.1. The predicted molar refractivity (Wildman–Crippen MR) is 478 cm³/mol. The number of carbonyl (C=O) groups excluding carboxylic acids is 3. The minimum absolute atomic E-state index is 0. The Bertz CT molecular complexity index is 6550. The predicted octanol–water partition coefficient (Wildman–Crippen LogP) is 19.0. The summed E-state index contributed by atoms with van der Waals surface area (Å²) in [5.41, 5.74) is 2.57. The van der Waals surface area contributed by atoms with Crippen LogP contribution in [0, 0.1) is 74.2 Å². The fourth-order valence-corrected chi connectivity index (χ4v) is 14.3. The molecule has 0 aliphatic rings. The van der Waals surface area contributed by atoms with E-state index in [0.29, 0.717) is 39.5 Å². The molecule has 0 aliphatic heterocycles. The molecule has 0 unspecified atom stereocenters. The molecule has 133 heavy (non-hydrogen) atoms. The first kappa shape index (κ1) is 106. The summed E-state index contributed by atoms with van der Waals surface area (Å²) in [5, 5.41) is 43.6. The van der Waals surface area contributed by atoms with E-state index in [9.17, 15) is 59.4 Å². The van der Waals surface area contributed by atoms with Crippen molar-refractivity contribution in [2.45, 2.75) is 48.5 Å².